The van der Waals surface area contributed by atoms with Crippen molar-refractivity contribution in [1.82, 2.24) is 9.88 Å². The van der Waals surface area contributed by atoms with Gasteiger partial charge in [-0.2, -0.15) is 5.26 Å². The third-order valence-corrected chi connectivity index (χ3v) is 8.57. The maximum absolute atomic E-state index is 13.5. The first-order chi connectivity index (χ1) is 20.6. The van der Waals surface area contributed by atoms with Crippen LogP contribution in [0.2, 0.25) is 0 Å². The standard InChI is InChI=1S/C36H36FN3O2/c1-25-29(7-5-8-31(25)28-11-13-30(37)14-12-28)24-42-35-18-36(41-23-27-17-26(19-38)20-39-21-27)34(32-9-6-10-33(32)35)22-40-15-3-2-4-16-40/h5,7-8,11-14,17-18,20-21H,2-4,6,9-10,15-16,22-24H2,1H3. The van der Waals surface area contributed by atoms with Crippen molar-refractivity contribution in [3.8, 4) is 28.7 Å². The molecule has 2 heterocycles. The number of nitrogens with zero attached hydrogens (tertiary/aromatic N) is 3. The summed E-state index contributed by atoms with van der Waals surface area (Å²) in [6, 6.07) is 18.9. The lowest BCUT2D eigenvalue weighted by Crippen LogP contribution is -2.29. The van der Waals surface area contributed by atoms with E-state index in [1.165, 1.54) is 48.1 Å². The Morgan fingerprint density at radius 2 is 1.67 bits per heavy atom. The first-order valence-electron chi connectivity index (χ1n) is 14.9. The van der Waals surface area contributed by atoms with Gasteiger partial charge >= 0.3 is 0 Å². The summed E-state index contributed by atoms with van der Waals surface area (Å²) < 4.78 is 26.6. The first kappa shape index (κ1) is 27.9. The van der Waals surface area contributed by atoms with Gasteiger partial charge < -0.3 is 9.47 Å². The van der Waals surface area contributed by atoms with Gasteiger partial charge in [0.1, 0.15) is 36.6 Å². The molecule has 5 nitrogen and oxygen atoms in total. The summed E-state index contributed by atoms with van der Waals surface area (Å²) in [5.74, 6) is 1.51. The lowest BCUT2D eigenvalue weighted by molar-refractivity contribution is 0.214. The second kappa shape index (κ2) is 12.8. The number of rotatable bonds is 9. The third kappa shape index (κ3) is 6.17. The van der Waals surface area contributed by atoms with Crippen molar-refractivity contribution >= 4 is 0 Å². The highest BCUT2D eigenvalue weighted by Gasteiger charge is 2.26. The molecule has 0 unspecified atom stereocenters. The molecule has 6 heteroatoms. The highest BCUT2D eigenvalue weighted by molar-refractivity contribution is 5.68. The number of piperidine rings is 1. The van der Waals surface area contributed by atoms with Crippen molar-refractivity contribution < 1.29 is 13.9 Å². The zero-order valence-electron chi connectivity index (χ0n) is 24.2. The zero-order chi connectivity index (χ0) is 28.9. The van der Waals surface area contributed by atoms with Crippen molar-refractivity contribution in [3.05, 3.63) is 112 Å². The molecule has 1 aliphatic carbocycles. The number of halogens is 1. The van der Waals surface area contributed by atoms with Crippen LogP contribution in [0.25, 0.3) is 11.1 Å². The van der Waals surface area contributed by atoms with Crippen molar-refractivity contribution in [1.29, 1.82) is 5.26 Å². The minimum Gasteiger partial charge on any atom is -0.488 e. The Balaban J connectivity index is 1.30. The number of benzene rings is 3. The molecule has 0 saturated carbocycles. The van der Waals surface area contributed by atoms with Gasteiger partial charge in [-0.15, -0.1) is 0 Å². The smallest absolute Gasteiger partial charge is 0.128 e. The molecule has 3 aromatic carbocycles. The van der Waals surface area contributed by atoms with Crippen LogP contribution in [0, 0.1) is 24.1 Å². The molecular weight excluding hydrogens is 525 g/mol. The maximum atomic E-state index is 13.5. The molecule has 0 atom stereocenters. The Labute approximate surface area is 247 Å². The summed E-state index contributed by atoms with van der Waals surface area (Å²) in [5, 5.41) is 9.31. The van der Waals surface area contributed by atoms with Crippen LogP contribution >= 0.6 is 0 Å². The van der Waals surface area contributed by atoms with E-state index in [0.29, 0.717) is 18.8 Å². The van der Waals surface area contributed by atoms with Gasteiger partial charge in [-0.05, 0) is 104 Å². The van der Waals surface area contributed by atoms with Crippen LogP contribution in [0.5, 0.6) is 11.5 Å². The number of ether oxygens (including phenoxy) is 2. The largest absolute Gasteiger partial charge is 0.488 e. The minimum absolute atomic E-state index is 0.236. The molecular formula is C36H36FN3O2. The summed E-state index contributed by atoms with van der Waals surface area (Å²) in [5.41, 5.74) is 9.64. The van der Waals surface area contributed by atoms with Crippen LogP contribution in [-0.4, -0.2) is 23.0 Å². The molecule has 42 heavy (non-hydrogen) atoms. The summed E-state index contributed by atoms with van der Waals surface area (Å²) in [6.45, 7) is 5.99. The second-order valence-corrected chi connectivity index (χ2v) is 11.4. The second-order valence-electron chi connectivity index (χ2n) is 11.4. The van der Waals surface area contributed by atoms with E-state index in [2.05, 4.69) is 41.1 Å². The quantitative estimate of drug-likeness (QED) is 0.210. The van der Waals surface area contributed by atoms with Gasteiger partial charge in [0.15, 0.2) is 0 Å². The molecule has 1 saturated heterocycles. The van der Waals surface area contributed by atoms with Crippen LogP contribution in [0.1, 0.15) is 64.6 Å². The Kier molecular flexibility index (Phi) is 8.48. The Hall–Kier alpha value is -4.21. The SMILES string of the molecule is Cc1c(COc2cc(OCc3cncc(C#N)c3)c(CN3CCCCC3)c3c2CCC3)cccc1-c1ccc(F)cc1. The number of fused-ring (bicyclic) bond motifs is 1. The molecule has 4 aromatic rings. The predicted octanol–water partition coefficient (Wildman–Crippen LogP) is 7.70. The lowest BCUT2D eigenvalue weighted by atomic mass is 9.96. The van der Waals surface area contributed by atoms with Crippen molar-refractivity contribution in [2.75, 3.05) is 13.1 Å². The molecule has 2 aliphatic rings. The molecule has 0 N–H and O–H groups in total. The van der Waals surface area contributed by atoms with Gasteiger partial charge in [0, 0.05) is 36.1 Å². The monoisotopic (exact) mass is 561 g/mol. The Bertz CT molecular complexity index is 1600. The topological polar surface area (TPSA) is 58.4 Å². The van der Waals surface area contributed by atoms with Gasteiger partial charge in [-0.3, -0.25) is 9.88 Å². The van der Waals surface area contributed by atoms with Crippen molar-refractivity contribution in [2.24, 2.45) is 0 Å². The van der Waals surface area contributed by atoms with E-state index in [4.69, 9.17) is 9.47 Å². The van der Waals surface area contributed by atoms with E-state index < -0.39 is 0 Å². The number of nitriles is 1. The van der Waals surface area contributed by atoms with Crippen LogP contribution in [0.3, 0.4) is 0 Å². The first-order valence-corrected chi connectivity index (χ1v) is 14.9. The number of likely N-dealkylation sites (tertiary alicyclic amines) is 1. The fraction of sp³-hybridized carbons (Fsp3) is 0.333. The molecule has 0 amide bonds. The number of aromatic nitrogens is 1. The summed E-state index contributed by atoms with van der Waals surface area (Å²) in [6.07, 6.45) is 10.2. The average Bonchev–Trinajstić information content (AvgIpc) is 3.52. The highest BCUT2D eigenvalue weighted by Crippen LogP contribution is 2.41. The number of hydrogen-bond acceptors (Lipinski definition) is 5. The molecule has 1 aromatic heterocycles. The normalized spacial score (nSPS) is 14.8. The third-order valence-electron chi connectivity index (χ3n) is 8.57. The maximum Gasteiger partial charge on any atom is 0.128 e. The number of hydrogen-bond donors (Lipinski definition) is 0. The van der Waals surface area contributed by atoms with Gasteiger partial charge in [0.2, 0.25) is 0 Å². The Morgan fingerprint density at radius 1 is 0.881 bits per heavy atom. The molecule has 1 fully saturated rings. The molecule has 1 aliphatic heterocycles. The highest BCUT2D eigenvalue weighted by atomic mass is 19.1. The minimum atomic E-state index is -0.236. The lowest BCUT2D eigenvalue weighted by Gasteiger charge is -2.29. The molecule has 0 spiro atoms. The number of pyridine rings is 1. The average molecular weight is 562 g/mol. The van der Waals surface area contributed by atoms with E-state index in [9.17, 15) is 9.65 Å². The predicted molar refractivity (Wildman–Crippen MR) is 162 cm³/mol. The van der Waals surface area contributed by atoms with Crippen LogP contribution in [0.4, 0.5) is 4.39 Å². The van der Waals surface area contributed by atoms with Gasteiger partial charge in [-0.25, -0.2) is 4.39 Å². The van der Waals surface area contributed by atoms with Crippen LogP contribution in [0.15, 0.2) is 67.0 Å². The summed E-state index contributed by atoms with van der Waals surface area (Å²) in [7, 11) is 0. The van der Waals surface area contributed by atoms with Crippen LogP contribution < -0.4 is 9.47 Å². The molecule has 214 valence electrons. The van der Waals surface area contributed by atoms with Crippen molar-refractivity contribution in [2.45, 2.75) is 65.2 Å². The Morgan fingerprint density at radius 3 is 2.48 bits per heavy atom. The van der Waals surface area contributed by atoms with Gasteiger partial charge in [-0.1, -0.05) is 36.8 Å². The van der Waals surface area contributed by atoms with E-state index in [-0.39, 0.29) is 5.82 Å². The van der Waals surface area contributed by atoms with Crippen molar-refractivity contribution in [3.63, 3.8) is 0 Å². The fourth-order valence-electron chi connectivity index (χ4n) is 6.29. The van der Waals surface area contributed by atoms with Crippen LogP contribution in [-0.2, 0) is 32.6 Å². The summed E-state index contributed by atoms with van der Waals surface area (Å²) in [4.78, 5) is 6.76. The molecule has 0 radical (unpaired) electrons. The van der Waals surface area contributed by atoms with E-state index in [1.54, 1.807) is 12.4 Å². The van der Waals surface area contributed by atoms with E-state index in [0.717, 1.165) is 78.2 Å². The molecule has 6 rings (SSSR count). The molecule has 0 bridgehead atoms. The van der Waals surface area contributed by atoms with E-state index >= 15 is 0 Å². The summed E-state index contributed by atoms with van der Waals surface area (Å²) >= 11 is 0. The van der Waals surface area contributed by atoms with Gasteiger partial charge in [0.05, 0.1) is 5.56 Å². The zero-order valence-corrected chi connectivity index (χ0v) is 24.2. The van der Waals surface area contributed by atoms with E-state index in [1.807, 2.05) is 24.3 Å². The fourth-order valence-corrected chi connectivity index (χ4v) is 6.29. The van der Waals surface area contributed by atoms with Gasteiger partial charge in [0.25, 0.3) is 0 Å².